The van der Waals surface area contributed by atoms with Crippen LogP contribution in [0.1, 0.15) is 11.1 Å². The second kappa shape index (κ2) is 11.5. The summed E-state index contributed by atoms with van der Waals surface area (Å²) in [7, 11) is 0. The van der Waals surface area contributed by atoms with E-state index in [9.17, 15) is 18.0 Å². The molecule has 202 valence electrons. The van der Waals surface area contributed by atoms with Crippen molar-refractivity contribution in [3.05, 3.63) is 78.3 Å². The van der Waals surface area contributed by atoms with Crippen molar-refractivity contribution in [3.8, 4) is 23.1 Å². The topological polar surface area (TPSA) is 115 Å². The lowest BCUT2D eigenvalue weighted by Crippen LogP contribution is -2.35. The molecule has 2 amide bonds. The number of morpholine rings is 1. The number of nitrogens with zero attached hydrogens (tertiary/aromatic N) is 4. The van der Waals surface area contributed by atoms with Crippen molar-refractivity contribution < 1.29 is 31.9 Å². The van der Waals surface area contributed by atoms with Crippen LogP contribution in [0.4, 0.5) is 29.3 Å². The van der Waals surface area contributed by atoms with E-state index in [2.05, 4.69) is 25.8 Å². The number of benzene rings is 2. The lowest BCUT2D eigenvalue weighted by molar-refractivity contribution is -0.137. The molecule has 1 fully saturated rings. The Kier molecular flexibility index (Phi) is 7.70. The largest absolute Gasteiger partial charge is 0.457 e. The summed E-state index contributed by atoms with van der Waals surface area (Å²) in [5.74, 6) is 1.21. The van der Waals surface area contributed by atoms with Crippen LogP contribution in [0.25, 0.3) is 11.6 Å². The minimum absolute atomic E-state index is 0.0419. The van der Waals surface area contributed by atoms with Gasteiger partial charge in [-0.1, -0.05) is 0 Å². The molecule has 2 aromatic heterocycles. The maximum absolute atomic E-state index is 13.5. The maximum Gasteiger partial charge on any atom is 0.416 e. The fraction of sp³-hybridized carbons (Fsp3) is 0.231. The van der Waals surface area contributed by atoms with Gasteiger partial charge in [0.2, 0.25) is 6.39 Å². The van der Waals surface area contributed by atoms with Crippen molar-refractivity contribution in [2.75, 3.05) is 36.9 Å². The van der Waals surface area contributed by atoms with E-state index < -0.39 is 17.8 Å². The van der Waals surface area contributed by atoms with Crippen molar-refractivity contribution >= 4 is 17.4 Å². The molecule has 4 aromatic rings. The SMILES string of the molecule is O=C(Nc1ccc(Oc2ccnc(-c3nnco3)c2)cc1)Nc1cc(CN2CCOCC2)cc(C(F)(F)F)c1. The van der Waals surface area contributed by atoms with Crippen LogP contribution in [-0.4, -0.2) is 52.4 Å². The Hall–Kier alpha value is -4.49. The van der Waals surface area contributed by atoms with E-state index in [0.717, 1.165) is 12.1 Å². The number of anilines is 2. The third-order valence-corrected chi connectivity index (χ3v) is 5.75. The smallest absolute Gasteiger partial charge is 0.416 e. The third kappa shape index (κ3) is 7.09. The summed E-state index contributed by atoms with van der Waals surface area (Å²) < 4.78 is 56.8. The molecule has 0 aliphatic carbocycles. The van der Waals surface area contributed by atoms with Crippen molar-refractivity contribution in [1.29, 1.82) is 0 Å². The zero-order chi connectivity index (χ0) is 27.2. The fourth-order valence-electron chi connectivity index (χ4n) is 3.95. The predicted octanol–water partition coefficient (Wildman–Crippen LogP) is 5.42. The average molecular weight is 541 g/mol. The Bertz CT molecular complexity index is 1410. The van der Waals surface area contributed by atoms with E-state index in [0.29, 0.717) is 61.3 Å². The van der Waals surface area contributed by atoms with Crippen LogP contribution >= 0.6 is 0 Å². The first-order valence-electron chi connectivity index (χ1n) is 11.9. The Morgan fingerprint density at radius 3 is 2.46 bits per heavy atom. The van der Waals surface area contributed by atoms with Crippen molar-refractivity contribution in [1.82, 2.24) is 20.1 Å². The zero-order valence-electron chi connectivity index (χ0n) is 20.4. The van der Waals surface area contributed by atoms with Gasteiger partial charge in [-0.15, -0.1) is 10.2 Å². The number of aromatic nitrogens is 3. The lowest BCUT2D eigenvalue weighted by Gasteiger charge is -2.27. The Labute approximate surface area is 220 Å². The highest BCUT2D eigenvalue weighted by molar-refractivity contribution is 5.99. The van der Waals surface area contributed by atoms with Gasteiger partial charge in [0, 0.05) is 43.3 Å². The molecule has 0 unspecified atom stereocenters. The van der Waals surface area contributed by atoms with Gasteiger partial charge < -0.3 is 24.5 Å². The molecule has 39 heavy (non-hydrogen) atoms. The average Bonchev–Trinajstić information content (AvgIpc) is 3.45. The summed E-state index contributed by atoms with van der Waals surface area (Å²) in [6, 6.07) is 12.6. The third-order valence-electron chi connectivity index (χ3n) is 5.75. The molecular weight excluding hydrogens is 517 g/mol. The first-order chi connectivity index (χ1) is 18.8. The van der Waals surface area contributed by atoms with Gasteiger partial charge in [0.1, 0.15) is 17.2 Å². The first kappa shape index (κ1) is 26.1. The molecule has 1 saturated heterocycles. The number of amides is 2. The van der Waals surface area contributed by atoms with E-state index in [1.54, 1.807) is 42.5 Å². The summed E-state index contributed by atoms with van der Waals surface area (Å²) in [5, 5.41) is 12.5. The van der Waals surface area contributed by atoms with Crippen LogP contribution in [0.15, 0.2) is 71.6 Å². The van der Waals surface area contributed by atoms with E-state index in [-0.39, 0.29) is 11.6 Å². The van der Waals surface area contributed by atoms with Crippen LogP contribution in [0.5, 0.6) is 11.5 Å². The number of carbonyl (C=O) groups excluding carboxylic acids is 1. The Morgan fingerprint density at radius 2 is 1.74 bits per heavy atom. The summed E-state index contributed by atoms with van der Waals surface area (Å²) in [6.45, 7) is 2.62. The fourth-order valence-corrected chi connectivity index (χ4v) is 3.95. The Balaban J connectivity index is 1.22. The van der Waals surface area contributed by atoms with Crippen molar-refractivity contribution in [2.45, 2.75) is 12.7 Å². The van der Waals surface area contributed by atoms with Gasteiger partial charge in [-0.2, -0.15) is 13.2 Å². The molecule has 0 bridgehead atoms. The normalized spacial score (nSPS) is 14.1. The Morgan fingerprint density at radius 1 is 0.974 bits per heavy atom. The number of hydrogen-bond acceptors (Lipinski definition) is 8. The highest BCUT2D eigenvalue weighted by atomic mass is 19.4. The second-order valence-electron chi connectivity index (χ2n) is 8.63. The van der Waals surface area contributed by atoms with E-state index in [1.165, 1.54) is 12.6 Å². The maximum atomic E-state index is 13.5. The number of carbonyl (C=O) groups is 1. The molecule has 2 aromatic carbocycles. The van der Waals surface area contributed by atoms with Gasteiger partial charge in [-0.3, -0.25) is 9.88 Å². The molecule has 0 saturated carbocycles. The van der Waals surface area contributed by atoms with Gasteiger partial charge in [-0.05, 0) is 54.1 Å². The van der Waals surface area contributed by atoms with Gasteiger partial charge in [0.05, 0.1) is 18.8 Å². The quantitative estimate of drug-likeness (QED) is 0.320. The van der Waals surface area contributed by atoms with Crippen LogP contribution in [0.2, 0.25) is 0 Å². The first-order valence-corrected chi connectivity index (χ1v) is 11.9. The molecular formula is C26H23F3N6O4. The molecule has 0 atom stereocenters. The standard InChI is InChI=1S/C26H23F3N6O4/c27-26(28,29)18-11-17(15-35-7-9-37-10-8-35)12-20(13-18)33-25(36)32-19-1-3-21(4-2-19)39-22-5-6-30-23(14-22)24-34-31-16-38-24/h1-6,11-14,16H,7-10,15H2,(H2,32,33,36). The van der Waals surface area contributed by atoms with Crippen molar-refractivity contribution in [3.63, 3.8) is 0 Å². The number of pyridine rings is 1. The molecule has 0 spiro atoms. The van der Waals surface area contributed by atoms with Gasteiger partial charge in [-0.25, -0.2) is 4.79 Å². The van der Waals surface area contributed by atoms with Crippen LogP contribution in [-0.2, 0) is 17.5 Å². The minimum Gasteiger partial charge on any atom is -0.457 e. The van der Waals surface area contributed by atoms with Gasteiger partial charge in [0.15, 0.2) is 0 Å². The molecule has 1 aliphatic heterocycles. The molecule has 0 radical (unpaired) electrons. The number of urea groups is 1. The van der Waals surface area contributed by atoms with Crippen LogP contribution < -0.4 is 15.4 Å². The summed E-state index contributed by atoms with van der Waals surface area (Å²) in [6.07, 6.45) is -1.82. The monoisotopic (exact) mass is 540 g/mol. The summed E-state index contributed by atoms with van der Waals surface area (Å²) in [4.78, 5) is 18.7. The number of ether oxygens (including phenoxy) is 2. The van der Waals surface area contributed by atoms with Crippen LogP contribution in [0.3, 0.4) is 0 Å². The molecule has 10 nitrogen and oxygen atoms in total. The van der Waals surface area contributed by atoms with Gasteiger partial charge >= 0.3 is 12.2 Å². The predicted molar refractivity (Wildman–Crippen MR) is 134 cm³/mol. The van der Waals surface area contributed by atoms with E-state index in [1.807, 2.05) is 4.90 Å². The number of rotatable bonds is 7. The number of hydrogen-bond donors (Lipinski definition) is 2. The summed E-state index contributed by atoms with van der Waals surface area (Å²) >= 11 is 0. The molecule has 3 heterocycles. The summed E-state index contributed by atoms with van der Waals surface area (Å²) in [5.41, 5.74) is 0.523. The van der Waals surface area contributed by atoms with Crippen LogP contribution in [0, 0.1) is 0 Å². The number of alkyl halides is 3. The molecule has 13 heteroatoms. The molecule has 2 N–H and O–H groups in total. The van der Waals surface area contributed by atoms with E-state index >= 15 is 0 Å². The van der Waals surface area contributed by atoms with Crippen molar-refractivity contribution in [2.24, 2.45) is 0 Å². The minimum atomic E-state index is -4.55. The molecule has 1 aliphatic rings. The number of halogens is 3. The number of nitrogens with one attached hydrogen (secondary N) is 2. The second-order valence-corrected chi connectivity index (χ2v) is 8.63. The highest BCUT2D eigenvalue weighted by Gasteiger charge is 2.31. The molecule has 5 rings (SSSR count). The highest BCUT2D eigenvalue weighted by Crippen LogP contribution is 2.32. The van der Waals surface area contributed by atoms with E-state index in [4.69, 9.17) is 13.9 Å². The lowest BCUT2D eigenvalue weighted by atomic mass is 10.1. The van der Waals surface area contributed by atoms with Gasteiger partial charge in [0.25, 0.3) is 5.89 Å². The zero-order valence-corrected chi connectivity index (χ0v) is 20.4.